The number of hydrogen-bond acceptors (Lipinski definition) is 3. The minimum absolute atomic E-state index is 0.488. The van der Waals surface area contributed by atoms with E-state index in [0.717, 1.165) is 25.6 Å². The molecule has 1 N–H and O–H groups in total. The molecule has 2 fully saturated rings. The second kappa shape index (κ2) is 6.36. The van der Waals surface area contributed by atoms with Crippen LogP contribution in [0.3, 0.4) is 0 Å². The van der Waals surface area contributed by atoms with Crippen LogP contribution in [-0.4, -0.2) is 50.3 Å². The Hall–Kier alpha value is -0.120. The van der Waals surface area contributed by atoms with Crippen LogP contribution in [0.4, 0.5) is 0 Å². The van der Waals surface area contributed by atoms with Crippen LogP contribution in [0.15, 0.2) is 0 Å². The molecule has 0 radical (unpaired) electrons. The van der Waals surface area contributed by atoms with Crippen LogP contribution < -0.4 is 5.32 Å². The minimum Gasteiger partial charge on any atom is -0.378 e. The average molecular weight is 254 g/mol. The highest BCUT2D eigenvalue weighted by atomic mass is 16.5. The molecule has 0 bridgehead atoms. The maximum absolute atomic E-state index is 5.93. The zero-order valence-corrected chi connectivity index (χ0v) is 12.4. The third kappa shape index (κ3) is 4.22. The summed E-state index contributed by atoms with van der Waals surface area (Å²) in [6, 6.07) is 0. The van der Waals surface area contributed by atoms with Gasteiger partial charge in [0.2, 0.25) is 0 Å². The maximum Gasteiger partial charge on any atom is 0.0599 e. The molecule has 0 aromatic carbocycles. The fourth-order valence-electron chi connectivity index (χ4n) is 2.80. The van der Waals surface area contributed by atoms with Gasteiger partial charge in [0, 0.05) is 26.2 Å². The molecule has 106 valence electrons. The molecule has 2 saturated heterocycles. The van der Waals surface area contributed by atoms with Crippen molar-refractivity contribution < 1.29 is 4.74 Å². The molecule has 0 atom stereocenters. The van der Waals surface area contributed by atoms with Gasteiger partial charge in [0.25, 0.3) is 0 Å². The molecule has 2 rings (SSSR count). The summed E-state index contributed by atoms with van der Waals surface area (Å²) in [6.07, 6.45) is 4.09. The number of piperidine rings is 1. The Labute approximate surface area is 112 Å². The first-order valence-electron chi connectivity index (χ1n) is 7.60. The molecule has 0 aromatic heterocycles. The van der Waals surface area contributed by atoms with Crippen molar-refractivity contribution in [3.8, 4) is 0 Å². The molecule has 2 heterocycles. The van der Waals surface area contributed by atoms with Crippen LogP contribution in [0.2, 0.25) is 0 Å². The molecule has 2 aliphatic heterocycles. The average Bonchev–Trinajstić information content (AvgIpc) is 2.26. The summed E-state index contributed by atoms with van der Waals surface area (Å²) in [6.45, 7) is 14.1. The molecule has 0 amide bonds. The van der Waals surface area contributed by atoms with Crippen molar-refractivity contribution in [1.82, 2.24) is 10.2 Å². The Morgan fingerprint density at radius 3 is 2.44 bits per heavy atom. The number of nitrogens with one attached hydrogen (secondary N) is 1. The second-order valence-electron chi connectivity index (χ2n) is 7.00. The van der Waals surface area contributed by atoms with E-state index in [1.807, 2.05) is 0 Å². The summed E-state index contributed by atoms with van der Waals surface area (Å²) in [4.78, 5) is 2.57. The van der Waals surface area contributed by atoms with Gasteiger partial charge < -0.3 is 15.0 Å². The summed E-state index contributed by atoms with van der Waals surface area (Å²) in [5.41, 5.74) is 0.488. The van der Waals surface area contributed by atoms with Gasteiger partial charge in [-0.3, -0.25) is 0 Å². The van der Waals surface area contributed by atoms with Gasteiger partial charge >= 0.3 is 0 Å². The van der Waals surface area contributed by atoms with Gasteiger partial charge in [-0.25, -0.2) is 0 Å². The maximum atomic E-state index is 5.93. The normalized spacial score (nSPS) is 24.2. The number of ether oxygens (including phenoxy) is 1. The monoisotopic (exact) mass is 254 g/mol. The number of likely N-dealkylation sites (tertiary alicyclic amines) is 1. The molecule has 2 aliphatic rings. The van der Waals surface area contributed by atoms with E-state index in [-0.39, 0.29) is 0 Å². The lowest BCUT2D eigenvalue weighted by Gasteiger charge is -2.46. The van der Waals surface area contributed by atoms with Crippen LogP contribution in [0.5, 0.6) is 0 Å². The van der Waals surface area contributed by atoms with Crippen molar-refractivity contribution >= 4 is 0 Å². The van der Waals surface area contributed by atoms with E-state index in [9.17, 15) is 0 Å². The lowest BCUT2D eigenvalue weighted by molar-refractivity contribution is 0.000948. The molecular weight excluding hydrogens is 224 g/mol. The van der Waals surface area contributed by atoms with Gasteiger partial charge in [-0.1, -0.05) is 20.8 Å². The Kier molecular flexibility index (Phi) is 5.05. The predicted molar refractivity (Wildman–Crippen MR) is 75.8 cm³/mol. The zero-order chi connectivity index (χ0) is 13.0. The van der Waals surface area contributed by atoms with Crippen LogP contribution in [0.1, 0.15) is 40.0 Å². The third-order valence-corrected chi connectivity index (χ3v) is 4.44. The quantitative estimate of drug-likeness (QED) is 0.761. The summed E-state index contributed by atoms with van der Waals surface area (Å²) >= 11 is 0. The molecule has 3 heteroatoms. The summed E-state index contributed by atoms with van der Waals surface area (Å²) in [5.74, 6) is 0.892. The van der Waals surface area contributed by atoms with Crippen molar-refractivity contribution in [2.75, 3.05) is 39.3 Å². The van der Waals surface area contributed by atoms with E-state index >= 15 is 0 Å². The molecule has 0 saturated carbocycles. The topological polar surface area (TPSA) is 24.5 Å². The highest BCUT2D eigenvalue weighted by Crippen LogP contribution is 2.33. The summed E-state index contributed by atoms with van der Waals surface area (Å²) in [7, 11) is 0. The lowest BCUT2D eigenvalue weighted by Crippen LogP contribution is -2.52. The Morgan fingerprint density at radius 1 is 1.17 bits per heavy atom. The Balaban J connectivity index is 1.47. The first kappa shape index (κ1) is 14.3. The Morgan fingerprint density at radius 2 is 1.83 bits per heavy atom. The zero-order valence-electron chi connectivity index (χ0n) is 12.4. The van der Waals surface area contributed by atoms with Crippen LogP contribution >= 0.6 is 0 Å². The fourth-order valence-corrected chi connectivity index (χ4v) is 2.80. The summed E-state index contributed by atoms with van der Waals surface area (Å²) < 4.78 is 5.93. The first-order valence-corrected chi connectivity index (χ1v) is 7.60. The molecular formula is C15H30N2O. The highest BCUT2D eigenvalue weighted by Gasteiger charge is 2.34. The highest BCUT2D eigenvalue weighted by molar-refractivity contribution is 4.87. The molecule has 18 heavy (non-hydrogen) atoms. The molecule has 0 aromatic rings. The van der Waals surface area contributed by atoms with Gasteiger partial charge in [0.05, 0.1) is 6.10 Å². The van der Waals surface area contributed by atoms with Gasteiger partial charge in [-0.05, 0) is 43.7 Å². The Bertz CT molecular complexity index is 237. The van der Waals surface area contributed by atoms with Crippen LogP contribution in [0, 0.1) is 11.3 Å². The molecule has 0 aliphatic carbocycles. The number of nitrogens with zero attached hydrogens (tertiary/aromatic N) is 1. The lowest BCUT2D eigenvalue weighted by atomic mass is 9.76. The van der Waals surface area contributed by atoms with E-state index < -0.39 is 0 Å². The number of hydrogen-bond donors (Lipinski definition) is 1. The van der Waals surface area contributed by atoms with E-state index in [1.165, 1.54) is 38.9 Å². The number of rotatable bonds is 5. The van der Waals surface area contributed by atoms with E-state index in [0.29, 0.717) is 11.5 Å². The SMILES string of the molecule is CC(C)(C)C1CN(CCCOC2CCNCC2)C1. The molecule has 0 spiro atoms. The third-order valence-electron chi connectivity index (χ3n) is 4.44. The fraction of sp³-hybridized carbons (Fsp3) is 1.00. The van der Waals surface area contributed by atoms with E-state index in [2.05, 4.69) is 31.0 Å². The summed E-state index contributed by atoms with van der Waals surface area (Å²) in [5, 5.41) is 3.37. The van der Waals surface area contributed by atoms with Crippen molar-refractivity contribution in [1.29, 1.82) is 0 Å². The van der Waals surface area contributed by atoms with Crippen molar-refractivity contribution in [3.63, 3.8) is 0 Å². The van der Waals surface area contributed by atoms with E-state index in [4.69, 9.17) is 4.74 Å². The largest absolute Gasteiger partial charge is 0.378 e. The standard InChI is InChI=1S/C15H30N2O/c1-15(2,3)13-11-17(12-13)9-4-10-18-14-5-7-16-8-6-14/h13-14,16H,4-12H2,1-3H3. The smallest absolute Gasteiger partial charge is 0.0599 e. The first-order chi connectivity index (χ1) is 8.55. The van der Waals surface area contributed by atoms with Gasteiger partial charge in [-0.15, -0.1) is 0 Å². The van der Waals surface area contributed by atoms with E-state index in [1.54, 1.807) is 0 Å². The van der Waals surface area contributed by atoms with Crippen LogP contribution in [-0.2, 0) is 4.74 Å². The molecule has 3 nitrogen and oxygen atoms in total. The van der Waals surface area contributed by atoms with Crippen molar-refractivity contribution in [2.45, 2.75) is 46.1 Å². The second-order valence-corrected chi connectivity index (χ2v) is 7.00. The van der Waals surface area contributed by atoms with Gasteiger partial charge in [-0.2, -0.15) is 0 Å². The van der Waals surface area contributed by atoms with Gasteiger partial charge in [0.15, 0.2) is 0 Å². The van der Waals surface area contributed by atoms with Gasteiger partial charge in [0.1, 0.15) is 0 Å². The van der Waals surface area contributed by atoms with Crippen molar-refractivity contribution in [2.24, 2.45) is 11.3 Å². The van der Waals surface area contributed by atoms with Crippen LogP contribution in [0.25, 0.3) is 0 Å². The molecule has 0 unspecified atom stereocenters. The minimum atomic E-state index is 0.488. The predicted octanol–water partition coefficient (Wildman–Crippen LogP) is 2.12. The van der Waals surface area contributed by atoms with Crippen molar-refractivity contribution in [3.05, 3.63) is 0 Å².